The van der Waals surface area contributed by atoms with E-state index in [1.165, 1.54) is 12.3 Å². The lowest BCUT2D eigenvalue weighted by Gasteiger charge is -2.28. The number of fused-ring (bicyclic) bond motifs is 1. The van der Waals surface area contributed by atoms with Crippen molar-refractivity contribution in [2.75, 3.05) is 31.2 Å². The molecule has 1 N–H and O–H groups in total. The Morgan fingerprint density at radius 2 is 1.76 bits per heavy atom. The van der Waals surface area contributed by atoms with Crippen molar-refractivity contribution in [2.45, 2.75) is 16.3 Å². The van der Waals surface area contributed by atoms with Gasteiger partial charge in [-0.1, -0.05) is 0 Å². The fraction of sp³-hybridized carbons (Fsp3) is 0.208. The maximum atomic E-state index is 13.0. The summed E-state index contributed by atoms with van der Waals surface area (Å²) in [6.07, 6.45) is 4.47. The van der Waals surface area contributed by atoms with Crippen LogP contribution in [0.5, 0.6) is 0 Å². The number of benzene rings is 1. The maximum Gasteiger partial charge on any atom is 0.287 e. The van der Waals surface area contributed by atoms with Crippen LogP contribution in [0.15, 0.2) is 81.3 Å². The van der Waals surface area contributed by atoms with Gasteiger partial charge in [-0.05, 0) is 48.5 Å². The first-order chi connectivity index (χ1) is 16.5. The number of carbonyl (C=O) groups excluding carboxylic acids is 1. The average molecular weight is 479 g/mol. The molecular weight excluding hydrogens is 456 g/mol. The van der Waals surface area contributed by atoms with Gasteiger partial charge in [0.1, 0.15) is 0 Å². The van der Waals surface area contributed by atoms with Crippen LogP contribution in [0, 0.1) is 0 Å². The summed E-state index contributed by atoms with van der Waals surface area (Å²) in [5.74, 6) is -0.224. The van der Waals surface area contributed by atoms with E-state index in [1.54, 1.807) is 42.7 Å². The van der Waals surface area contributed by atoms with E-state index in [9.17, 15) is 13.2 Å². The number of hydrogen-bond acceptors (Lipinski definition) is 8. The normalized spacial score (nSPS) is 14.3. The molecule has 174 valence electrons. The molecule has 1 fully saturated rings. The Hall–Kier alpha value is -3.76. The lowest BCUT2D eigenvalue weighted by molar-refractivity contribution is 0.0924. The van der Waals surface area contributed by atoms with Crippen LogP contribution >= 0.6 is 0 Å². The molecule has 4 aromatic rings. The van der Waals surface area contributed by atoms with Crippen molar-refractivity contribution in [3.8, 4) is 0 Å². The van der Waals surface area contributed by atoms with E-state index >= 15 is 0 Å². The van der Waals surface area contributed by atoms with E-state index in [2.05, 4.69) is 20.2 Å². The number of aromatic nitrogens is 2. The second-order valence-corrected chi connectivity index (χ2v) is 9.74. The molecule has 3 aromatic heterocycles. The molecule has 1 saturated heterocycles. The molecule has 0 aliphatic carbocycles. The highest BCUT2D eigenvalue weighted by Crippen LogP contribution is 2.24. The van der Waals surface area contributed by atoms with Crippen LogP contribution in [0.25, 0.3) is 11.0 Å². The number of pyridine rings is 2. The quantitative estimate of drug-likeness (QED) is 0.450. The van der Waals surface area contributed by atoms with Crippen molar-refractivity contribution in [2.24, 2.45) is 0 Å². The van der Waals surface area contributed by atoms with Gasteiger partial charge in [-0.3, -0.25) is 14.8 Å². The van der Waals surface area contributed by atoms with Gasteiger partial charge in [0.15, 0.2) is 11.3 Å². The average Bonchev–Trinajstić information content (AvgIpc) is 3.33. The highest BCUT2D eigenvalue weighted by Gasteiger charge is 2.20. The van der Waals surface area contributed by atoms with Gasteiger partial charge >= 0.3 is 0 Å². The highest BCUT2D eigenvalue weighted by molar-refractivity contribution is 7.91. The number of furan rings is 1. The number of rotatable bonds is 6. The summed E-state index contributed by atoms with van der Waals surface area (Å²) in [5, 5.41) is 3.51. The second kappa shape index (κ2) is 9.24. The fourth-order valence-electron chi connectivity index (χ4n) is 3.72. The summed E-state index contributed by atoms with van der Waals surface area (Å²) in [4.78, 5) is 23.0. The second-order valence-electron chi connectivity index (χ2n) is 7.79. The fourth-order valence-corrected chi connectivity index (χ4v) is 4.93. The molecule has 10 heteroatoms. The van der Waals surface area contributed by atoms with Crippen LogP contribution in [0.3, 0.4) is 0 Å². The molecule has 1 aromatic carbocycles. The lowest BCUT2D eigenvalue weighted by atomic mass is 10.2. The molecule has 4 heterocycles. The summed E-state index contributed by atoms with van der Waals surface area (Å²) in [6, 6.07) is 13.3. The summed E-state index contributed by atoms with van der Waals surface area (Å²) >= 11 is 0. The monoisotopic (exact) mass is 478 g/mol. The number of amides is 1. The molecule has 34 heavy (non-hydrogen) atoms. The Labute approximate surface area is 196 Å². The van der Waals surface area contributed by atoms with Gasteiger partial charge in [-0.25, -0.2) is 8.42 Å². The first-order valence-electron chi connectivity index (χ1n) is 10.8. The molecule has 5 rings (SSSR count). The van der Waals surface area contributed by atoms with Gasteiger partial charge in [0.2, 0.25) is 9.84 Å². The molecule has 0 atom stereocenters. The van der Waals surface area contributed by atoms with Gasteiger partial charge in [-0.15, -0.1) is 0 Å². The molecule has 1 aliphatic rings. The first-order valence-corrected chi connectivity index (χ1v) is 12.2. The molecule has 0 unspecified atom stereocenters. The van der Waals surface area contributed by atoms with Crippen LogP contribution in [-0.2, 0) is 21.1 Å². The number of sulfone groups is 1. The number of ether oxygens (including phenoxy) is 1. The largest absolute Gasteiger partial charge is 0.449 e. The van der Waals surface area contributed by atoms with E-state index in [0.29, 0.717) is 24.5 Å². The molecule has 0 bridgehead atoms. The highest BCUT2D eigenvalue weighted by atomic mass is 32.2. The van der Waals surface area contributed by atoms with E-state index < -0.39 is 15.7 Å². The van der Waals surface area contributed by atoms with Crippen LogP contribution < -0.4 is 10.2 Å². The van der Waals surface area contributed by atoms with E-state index in [-0.39, 0.29) is 22.1 Å². The Kier molecular flexibility index (Phi) is 5.99. The van der Waals surface area contributed by atoms with Gasteiger partial charge < -0.3 is 19.4 Å². The summed E-state index contributed by atoms with van der Waals surface area (Å²) < 4.78 is 36.9. The van der Waals surface area contributed by atoms with Crippen LogP contribution in [0.2, 0.25) is 0 Å². The summed E-state index contributed by atoms with van der Waals surface area (Å²) in [6.45, 7) is 3.01. The van der Waals surface area contributed by atoms with Gasteiger partial charge in [0.05, 0.1) is 41.4 Å². The van der Waals surface area contributed by atoms with Crippen LogP contribution in [-0.4, -0.2) is 50.6 Å². The van der Waals surface area contributed by atoms with E-state index in [0.717, 1.165) is 24.2 Å². The standard InChI is InChI=1S/C24H22N4O5S/c29-24(22-13-17-7-8-25-16-23(17)33-22)27-14-18-1-4-21(15-26-18)34(30,31)20-5-2-19(3-6-20)28-9-11-32-12-10-28/h1-8,13,15-16H,9-12,14H2,(H,27,29). The topological polar surface area (TPSA) is 115 Å². The summed E-state index contributed by atoms with van der Waals surface area (Å²) in [7, 11) is -3.71. The Morgan fingerprint density at radius 3 is 2.47 bits per heavy atom. The molecule has 9 nitrogen and oxygen atoms in total. The number of carbonyl (C=O) groups is 1. The minimum atomic E-state index is -3.71. The molecule has 1 aliphatic heterocycles. The van der Waals surface area contributed by atoms with Crippen molar-refractivity contribution < 1.29 is 22.4 Å². The smallest absolute Gasteiger partial charge is 0.287 e. The zero-order valence-corrected chi connectivity index (χ0v) is 19.0. The predicted molar refractivity (Wildman–Crippen MR) is 124 cm³/mol. The lowest BCUT2D eigenvalue weighted by Crippen LogP contribution is -2.36. The number of morpholine rings is 1. The van der Waals surface area contributed by atoms with Crippen molar-refractivity contribution in [1.29, 1.82) is 0 Å². The molecule has 1 amide bonds. The van der Waals surface area contributed by atoms with E-state index in [1.807, 2.05) is 12.1 Å². The van der Waals surface area contributed by atoms with Crippen molar-refractivity contribution in [3.05, 3.63) is 78.6 Å². The third kappa shape index (κ3) is 4.50. The number of nitrogens with zero attached hydrogens (tertiary/aromatic N) is 3. The zero-order valence-electron chi connectivity index (χ0n) is 18.2. The van der Waals surface area contributed by atoms with E-state index in [4.69, 9.17) is 9.15 Å². The number of hydrogen-bond donors (Lipinski definition) is 1. The van der Waals surface area contributed by atoms with Crippen LogP contribution in [0.1, 0.15) is 16.2 Å². The maximum absolute atomic E-state index is 13.0. The third-order valence-corrected chi connectivity index (χ3v) is 7.36. The molecule has 0 radical (unpaired) electrons. The predicted octanol–water partition coefficient (Wildman–Crippen LogP) is 2.82. The van der Waals surface area contributed by atoms with Gasteiger partial charge in [-0.2, -0.15) is 0 Å². The van der Waals surface area contributed by atoms with Crippen LogP contribution in [0.4, 0.5) is 5.69 Å². The van der Waals surface area contributed by atoms with Crippen molar-refractivity contribution in [3.63, 3.8) is 0 Å². The van der Waals surface area contributed by atoms with Crippen molar-refractivity contribution in [1.82, 2.24) is 15.3 Å². The third-order valence-electron chi connectivity index (χ3n) is 5.61. The molecule has 0 spiro atoms. The first kappa shape index (κ1) is 22.1. The molecular formula is C24H22N4O5S. The minimum Gasteiger partial charge on any atom is -0.449 e. The SMILES string of the molecule is O=C(NCc1ccc(S(=O)(=O)c2ccc(N3CCOCC3)cc2)cn1)c1cc2ccncc2o1. The Morgan fingerprint density at radius 1 is 1.00 bits per heavy atom. The summed E-state index contributed by atoms with van der Waals surface area (Å²) in [5.41, 5.74) is 2.01. The number of anilines is 1. The molecule has 0 saturated carbocycles. The van der Waals surface area contributed by atoms with Gasteiger partial charge in [0.25, 0.3) is 5.91 Å². The Bertz CT molecular complexity index is 1380. The number of nitrogens with one attached hydrogen (secondary N) is 1. The van der Waals surface area contributed by atoms with Crippen molar-refractivity contribution >= 4 is 32.4 Å². The van der Waals surface area contributed by atoms with Gasteiger partial charge in [0, 0.05) is 36.6 Å². The zero-order chi connectivity index (χ0) is 23.5. The Balaban J connectivity index is 1.24. The minimum absolute atomic E-state index is 0.0893.